The second kappa shape index (κ2) is 25.5. The molecule has 10 atom stereocenters. The van der Waals surface area contributed by atoms with Gasteiger partial charge in [0, 0.05) is 11.1 Å². The summed E-state index contributed by atoms with van der Waals surface area (Å²) >= 11 is 0. The number of carbonyl (C=O) groups is 1. The first-order valence-electron chi connectivity index (χ1n) is 25.2. The topological polar surface area (TPSA) is 141 Å². The van der Waals surface area contributed by atoms with E-state index < -0.39 is 84.1 Å². The van der Waals surface area contributed by atoms with E-state index in [2.05, 4.69) is 0 Å². The van der Waals surface area contributed by atoms with Gasteiger partial charge in [0.05, 0.1) is 59.0 Å². The molecule has 12 heteroatoms. The van der Waals surface area contributed by atoms with Crippen LogP contribution in [0.1, 0.15) is 80.9 Å². The molecule has 0 bridgehead atoms. The van der Waals surface area contributed by atoms with Gasteiger partial charge in [0.1, 0.15) is 65.9 Å². The molecule has 0 radical (unpaired) electrons. The number of ether oxygens (including phenoxy) is 9. The SMILES string of the molecule is COC(=O)c1c(O)c([C@H]2OC(C)[C@H](OCc3ccccc3)C(OCc3ccccc3)C2OCc2ccccc2)cc([C@H]2OC(C)[C@H](OCc3ccccc3)C(OCc3ccccc3)C2OCc2ccccc2)c1O. The molecule has 9 rings (SSSR count). The summed E-state index contributed by atoms with van der Waals surface area (Å²) in [4.78, 5) is 14.1. The number of hydrogen-bond donors (Lipinski definition) is 2. The Kier molecular flexibility index (Phi) is 18.0. The lowest BCUT2D eigenvalue weighted by molar-refractivity contribution is -0.265. The largest absolute Gasteiger partial charge is 0.507 e. The predicted octanol–water partition coefficient (Wildman–Crippen LogP) is 11.3. The van der Waals surface area contributed by atoms with Crippen LogP contribution in [0, 0.1) is 0 Å². The zero-order chi connectivity index (χ0) is 51.2. The van der Waals surface area contributed by atoms with E-state index in [1.165, 1.54) is 7.11 Å². The number of methoxy groups -OCH3 is 1. The molecule has 0 amide bonds. The van der Waals surface area contributed by atoms with Gasteiger partial charge in [-0.3, -0.25) is 0 Å². The molecule has 2 aliphatic rings. The summed E-state index contributed by atoms with van der Waals surface area (Å²) in [6.45, 7) is 4.96. The van der Waals surface area contributed by atoms with E-state index in [9.17, 15) is 15.0 Å². The molecule has 12 nitrogen and oxygen atoms in total. The van der Waals surface area contributed by atoms with E-state index in [0.717, 1.165) is 33.4 Å². The van der Waals surface area contributed by atoms with Crippen molar-refractivity contribution < 1.29 is 57.6 Å². The molecular formula is C62H64O12. The van der Waals surface area contributed by atoms with E-state index >= 15 is 0 Å². The third-order valence-corrected chi connectivity index (χ3v) is 13.6. The number of carbonyl (C=O) groups excluding carboxylic acids is 1. The van der Waals surface area contributed by atoms with Gasteiger partial charge >= 0.3 is 5.97 Å². The predicted molar refractivity (Wildman–Crippen MR) is 278 cm³/mol. The lowest BCUT2D eigenvalue weighted by Crippen LogP contribution is -2.56. The Balaban J connectivity index is 1.16. The van der Waals surface area contributed by atoms with Gasteiger partial charge in [-0.2, -0.15) is 0 Å². The van der Waals surface area contributed by atoms with Crippen LogP contribution in [0.5, 0.6) is 11.5 Å². The van der Waals surface area contributed by atoms with Gasteiger partial charge in [-0.05, 0) is 53.3 Å². The van der Waals surface area contributed by atoms with Crippen molar-refractivity contribution in [3.05, 3.63) is 238 Å². The van der Waals surface area contributed by atoms with Crippen molar-refractivity contribution in [1.82, 2.24) is 0 Å². The minimum atomic E-state index is -1.12. The van der Waals surface area contributed by atoms with Gasteiger partial charge < -0.3 is 52.8 Å². The molecule has 2 fully saturated rings. The van der Waals surface area contributed by atoms with E-state index in [1.807, 2.05) is 196 Å². The zero-order valence-corrected chi connectivity index (χ0v) is 41.9. The number of phenolic OH excluding ortho intramolecular Hbond substituents is 2. The quantitative estimate of drug-likeness (QED) is 0.0662. The van der Waals surface area contributed by atoms with Gasteiger partial charge in [0.15, 0.2) is 0 Å². The van der Waals surface area contributed by atoms with Crippen LogP contribution >= 0.6 is 0 Å². The summed E-state index contributed by atoms with van der Waals surface area (Å²) in [5, 5.41) is 25.0. The van der Waals surface area contributed by atoms with Crippen molar-refractivity contribution >= 4 is 5.97 Å². The highest BCUT2D eigenvalue weighted by Gasteiger charge is 2.52. The molecule has 7 aromatic rings. The van der Waals surface area contributed by atoms with Crippen molar-refractivity contribution in [2.24, 2.45) is 0 Å². The van der Waals surface area contributed by atoms with Crippen molar-refractivity contribution in [3.8, 4) is 11.5 Å². The van der Waals surface area contributed by atoms with Gasteiger partial charge in [-0.25, -0.2) is 4.79 Å². The first-order chi connectivity index (χ1) is 36.2. The molecular weight excluding hydrogens is 937 g/mol. The van der Waals surface area contributed by atoms with Crippen LogP contribution < -0.4 is 0 Å². The third kappa shape index (κ3) is 12.8. The molecule has 384 valence electrons. The highest BCUT2D eigenvalue weighted by atomic mass is 16.6. The summed E-state index contributed by atoms with van der Waals surface area (Å²) in [5.74, 6) is -2.09. The van der Waals surface area contributed by atoms with Crippen molar-refractivity contribution in [2.45, 2.75) is 115 Å². The molecule has 74 heavy (non-hydrogen) atoms. The first-order valence-corrected chi connectivity index (χ1v) is 25.2. The van der Waals surface area contributed by atoms with E-state index in [1.54, 1.807) is 6.07 Å². The van der Waals surface area contributed by atoms with Gasteiger partial charge in [0.25, 0.3) is 0 Å². The van der Waals surface area contributed by atoms with Crippen molar-refractivity contribution in [2.75, 3.05) is 7.11 Å². The van der Waals surface area contributed by atoms with Crippen LogP contribution in [0.15, 0.2) is 188 Å². The molecule has 2 aliphatic heterocycles. The standard InChI is InChI=1S/C62H64O12/c1-41-54(67-35-43-22-10-4-11-23-43)58(69-37-45-26-14-6-15-27-45)60(71-39-47-30-18-8-19-31-47)56(73-41)49-34-50(53(64)51(52(49)63)62(65)66-3)57-61(72-40-48-32-20-9-21-33-48)59(70-38-46-28-16-7-17-29-46)55(42(2)74-57)68-36-44-24-12-5-13-25-44/h4-34,41-42,54-61,63-64H,35-40H2,1-3H3/t41?,42?,54-,55-,56+,57+,58?,59?,60?,61?/m0/s1. The molecule has 0 aromatic heterocycles. The fraction of sp³-hybridized carbons (Fsp3) is 0.306. The minimum Gasteiger partial charge on any atom is -0.507 e. The number of phenols is 2. The lowest BCUT2D eigenvalue weighted by atomic mass is 9.85. The lowest BCUT2D eigenvalue weighted by Gasteiger charge is -2.47. The Labute approximate surface area is 433 Å². The molecule has 2 saturated heterocycles. The van der Waals surface area contributed by atoms with Crippen LogP contribution in [-0.4, -0.2) is 72.1 Å². The second-order valence-corrected chi connectivity index (χ2v) is 18.7. The maximum Gasteiger partial charge on any atom is 0.345 e. The first kappa shape index (κ1) is 52.2. The fourth-order valence-corrected chi connectivity index (χ4v) is 9.76. The second-order valence-electron chi connectivity index (χ2n) is 18.7. The molecule has 0 aliphatic carbocycles. The molecule has 7 aromatic carbocycles. The number of rotatable bonds is 21. The molecule has 2 heterocycles. The Morgan fingerprint density at radius 3 is 0.892 bits per heavy atom. The maximum absolute atomic E-state index is 14.1. The third-order valence-electron chi connectivity index (χ3n) is 13.6. The van der Waals surface area contributed by atoms with Crippen molar-refractivity contribution in [3.63, 3.8) is 0 Å². The summed E-state index contributed by atoms with van der Waals surface area (Å²) in [5.41, 5.74) is 5.30. The number of esters is 1. The normalized spacial score (nSPS) is 23.8. The van der Waals surface area contributed by atoms with Gasteiger partial charge in [-0.1, -0.05) is 182 Å². The Morgan fingerprint density at radius 1 is 0.392 bits per heavy atom. The van der Waals surface area contributed by atoms with Gasteiger partial charge in [0.2, 0.25) is 0 Å². The number of hydrogen-bond acceptors (Lipinski definition) is 12. The molecule has 0 spiro atoms. The van der Waals surface area contributed by atoms with Crippen molar-refractivity contribution in [1.29, 1.82) is 0 Å². The molecule has 0 saturated carbocycles. The summed E-state index contributed by atoms with van der Waals surface area (Å²) in [6, 6.07) is 60.3. The highest BCUT2D eigenvalue weighted by Crippen LogP contribution is 2.49. The summed E-state index contributed by atoms with van der Waals surface area (Å²) in [6.07, 6.45) is -8.47. The van der Waals surface area contributed by atoms with Crippen LogP contribution in [0.25, 0.3) is 0 Å². The monoisotopic (exact) mass is 1000 g/mol. The Bertz CT molecular complexity index is 2620. The molecule has 6 unspecified atom stereocenters. The van der Waals surface area contributed by atoms with Crippen LogP contribution in [0.3, 0.4) is 0 Å². The molecule has 2 N–H and O–H groups in total. The maximum atomic E-state index is 14.1. The van der Waals surface area contributed by atoms with E-state index in [0.29, 0.717) is 0 Å². The fourth-order valence-electron chi connectivity index (χ4n) is 9.76. The smallest absolute Gasteiger partial charge is 0.345 e. The Hall–Kier alpha value is -6.71. The summed E-state index contributed by atoms with van der Waals surface area (Å²) < 4.78 is 60.5. The Morgan fingerprint density at radius 2 is 0.635 bits per heavy atom. The van der Waals surface area contributed by atoms with Crippen LogP contribution in [0.4, 0.5) is 0 Å². The van der Waals surface area contributed by atoms with Crippen LogP contribution in [-0.2, 0) is 82.3 Å². The number of aromatic hydroxyl groups is 2. The summed E-state index contributed by atoms with van der Waals surface area (Å²) in [7, 11) is 1.19. The average molecular weight is 1000 g/mol. The minimum absolute atomic E-state index is 0.125. The van der Waals surface area contributed by atoms with E-state index in [-0.39, 0.29) is 50.8 Å². The number of benzene rings is 7. The average Bonchev–Trinajstić information content (AvgIpc) is 3.44. The highest BCUT2D eigenvalue weighted by molar-refractivity contribution is 5.96. The van der Waals surface area contributed by atoms with Crippen LogP contribution in [0.2, 0.25) is 0 Å². The van der Waals surface area contributed by atoms with E-state index in [4.69, 9.17) is 42.6 Å². The zero-order valence-electron chi connectivity index (χ0n) is 41.9. The van der Waals surface area contributed by atoms with Gasteiger partial charge in [-0.15, -0.1) is 0 Å².